The SMILES string of the molecule is Cc1ccc(N(c2cccc(C)c2)c2cc(N(c3ccc(C)cc3)c3cccc(C)c3)c3cccccc2-3)cc1. The van der Waals surface area contributed by atoms with Crippen molar-refractivity contribution in [2.75, 3.05) is 9.80 Å². The Morgan fingerprint density at radius 2 is 0.750 bits per heavy atom. The fourth-order valence-corrected chi connectivity index (χ4v) is 5.43. The second kappa shape index (κ2) is 10.7. The number of anilines is 6. The molecule has 0 aromatic heterocycles. The Bertz CT molecular complexity index is 1600. The summed E-state index contributed by atoms with van der Waals surface area (Å²) in [4.78, 5) is 4.78. The summed E-state index contributed by atoms with van der Waals surface area (Å²) in [6.45, 7) is 8.58. The van der Waals surface area contributed by atoms with Crippen molar-refractivity contribution in [2.45, 2.75) is 27.7 Å². The summed E-state index contributed by atoms with van der Waals surface area (Å²) >= 11 is 0. The molecule has 0 saturated heterocycles. The van der Waals surface area contributed by atoms with Gasteiger partial charge >= 0.3 is 0 Å². The van der Waals surface area contributed by atoms with E-state index in [-0.39, 0.29) is 0 Å². The van der Waals surface area contributed by atoms with Crippen LogP contribution in [-0.4, -0.2) is 0 Å². The van der Waals surface area contributed by atoms with Crippen molar-refractivity contribution in [2.24, 2.45) is 0 Å². The molecule has 0 unspecified atom stereocenters. The van der Waals surface area contributed by atoms with Crippen LogP contribution in [0.4, 0.5) is 34.1 Å². The van der Waals surface area contributed by atoms with E-state index < -0.39 is 0 Å². The smallest absolute Gasteiger partial charge is 0.0561 e. The minimum atomic E-state index is 1.14. The average Bonchev–Trinajstić information content (AvgIpc) is 3.11. The van der Waals surface area contributed by atoms with Crippen molar-refractivity contribution in [1.82, 2.24) is 0 Å². The summed E-state index contributed by atoms with van der Waals surface area (Å²) in [6, 6.07) is 48.4. The topological polar surface area (TPSA) is 6.48 Å². The molecular formula is C38H34N2. The molecule has 0 fully saturated rings. The summed E-state index contributed by atoms with van der Waals surface area (Å²) < 4.78 is 0. The van der Waals surface area contributed by atoms with Gasteiger partial charge in [0.2, 0.25) is 0 Å². The van der Waals surface area contributed by atoms with Crippen LogP contribution in [0.25, 0.3) is 11.1 Å². The van der Waals surface area contributed by atoms with Gasteiger partial charge in [-0.25, -0.2) is 0 Å². The first-order valence-corrected chi connectivity index (χ1v) is 13.9. The van der Waals surface area contributed by atoms with Gasteiger partial charge in [0.05, 0.1) is 11.4 Å². The Balaban J connectivity index is 1.64. The van der Waals surface area contributed by atoms with Crippen molar-refractivity contribution in [3.8, 4) is 11.1 Å². The van der Waals surface area contributed by atoms with Crippen LogP contribution in [0.1, 0.15) is 22.3 Å². The molecule has 0 heterocycles. The summed E-state index contributed by atoms with van der Waals surface area (Å²) in [5.74, 6) is 0. The maximum absolute atomic E-state index is 2.39. The summed E-state index contributed by atoms with van der Waals surface area (Å²) in [5, 5.41) is 0. The van der Waals surface area contributed by atoms with Gasteiger partial charge in [-0.05, 0) is 93.4 Å². The van der Waals surface area contributed by atoms with Gasteiger partial charge in [0.1, 0.15) is 0 Å². The lowest BCUT2D eigenvalue weighted by Gasteiger charge is -2.26. The van der Waals surface area contributed by atoms with E-state index in [0.29, 0.717) is 0 Å². The van der Waals surface area contributed by atoms with E-state index in [1.807, 2.05) is 0 Å². The van der Waals surface area contributed by atoms with Crippen LogP contribution in [0, 0.1) is 27.7 Å². The molecule has 0 atom stereocenters. The second-order valence-electron chi connectivity index (χ2n) is 10.7. The maximum atomic E-state index is 2.39. The summed E-state index contributed by atoms with van der Waals surface area (Å²) in [7, 11) is 0. The molecule has 2 heteroatoms. The highest BCUT2D eigenvalue weighted by Gasteiger charge is 2.26. The summed E-state index contributed by atoms with van der Waals surface area (Å²) in [5.41, 5.74) is 14.2. The Labute approximate surface area is 238 Å². The van der Waals surface area contributed by atoms with Crippen molar-refractivity contribution in [1.29, 1.82) is 0 Å². The molecule has 0 amide bonds. The molecule has 40 heavy (non-hydrogen) atoms. The molecule has 196 valence electrons. The van der Waals surface area contributed by atoms with Gasteiger partial charge in [-0.1, -0.05) is 90.0 Å². The predicted octanol–water partition coefficient (Wildman–Crippen LogP) is 11.0. The number of nitrogens with zero attached hydrogens (tertiary/aromatic N) is 2. The standard InChI is InChI=1S/C38H34N2/c1-27-16-20-31(21-17-27)39(33-12-8-10-29(3)24-33)37-26-38(36-15-7-5-6-14-35(36)37)40(32-22-18-28(2)19-23-32)34-13-9-11-30(4)25-34/h5-26H,1-4H3. The molecule has 6 rings (SSSR count). The molecule has 2 nitrogen and oxygen atoms in total. The highest BCUT2D eigenvalue weighted by atomic mass is 15.2. The van der Waals surface area contributed by atoms with Crippen molar-refractivity contribution >= 4 is 34.1 Å². The monoisotopic (exact) mass is 518 g/mol. The largest absolute Gasteiger partial charge is 0.310 e. The van der Waals surface area contributed by atoms with E-state index in [0.717, 1.165) is 34.1 Å². The Morgan fingerprint density at radius 1 is 0.325 bits per heavy atom. The lowest BCUT2D eigenvalue weighted by atomic mass is 10.1. The first kappa shape index (κ1) is 25.5. The van der Waals surface area contributed by atoms with Crippen molar-refractivity contribution in [3.63, 3.8) is 0 Å². The first-order valence-electron chi connectivity index (χ1n) is 13.9. The van der Waals surface area contributed by atoms with Gasteiger partial charge in [-0.15, -0.1) is 0 Å². The third kappa shape index (κ3) is 4.97. The zero-order valence-electron chi connectivity index (χ0n) is 23.6. The van der Waals surface area contributed by atoms with E-state index >= 15 is 0 Å². The zero-order valence-corrected chi connectivity index (χ0v) is 23.6. The van der Waals surface area contributed by atoms with E-state index in [2.05, 4.69) is 171 Å². The molecule has 0 spiro atoms. The van der Waals surface area contributed by atoms with Gasteiger partial charge in [0.25, 0.3) is 0 Å². The Hall–Kier alpha value is -4.82. The number of hydrogen-bond acceptors (Lipinski definition) is 2. The molecule has 0 N–H and O–H groups in total. The molecule has 0 aliphatic heterocycles. The number of rotatable bonds is 6. The quantitative estimate of drug-likeness (QED) is 0.216. The third-order valence-corrected chi connectivity index (χ3v) is 7.45. The molecular weight excluding hydrogens is 484 g/mol. The number of hydrogen-bond donors (Lipinski definition) is 0. The number of benzene rings is 4. The summed E-state index contributed by atoms with van der Waals surface area (Å²) in [6.07, 6.45) is 0. The fourth-order valence-electron chi connectivity index (χ4n) is 5.43. The molecule has 0 radical (unpaired) electrons. The average molecular weight is 519 g/mol. The van der Waals surface area contributed by atoms with Crippen molar-refractivity contribution in [3.05, 3.63) is 156 Å². The van der Waals surface area contributed by atoms with E-state index in [9.17, 15) is 0 Å². The van der Waals surface area contributed by atoms with Gasteiger partial charge in [0, 0.05) is 33.9 Å². The predicted molar refractivity (Wildman–Crippen MR) is 171 cm³/mol. The zero-order chi connectivity index (χ0) is 27.6. The second-order valence-corrected chi connectivity index (χ2v) is 10.7. The lowest BCUT2D eigenvalue weighted by molar-refractivity contribution is 1.26. The van der Waals surface area contributed by atoms with Crippen molar-refractivity contribution < 1.29 is 0 Å². The fraction of sp³-hybridized carbons (Fsp3) is 0.105. The van der Waals surface area contributed by atoms with Crippen LogP contribution in [0.3, 0.4) is 0 Å². The van der Waals surface area contributed by atoms with Gasteiger partial charge in [-0.3, -0.25) is 0 Å². The number of aryl methyl sites for hydroxylation is 4. The highest BCUT2D eigenvalue weighted by Crippen LogP contribution is 2.51. The van der Waals surface area contributed by atoms with E-state index in [1.165, 1.54) is 33.4 Å². The number of fused-ring (bicyclic) bond motifs is 1. The van der Waals surface area contributed by atoms with Crippen LogP contribution >= 0.6 is 0 Å². The van der Waals surface area contributed by atoms with Crippen LogP contribution in [0.15, 0.2) is 133 Å². The molecule has 0 saturated carbocycles. The van der Waals surface area contributed by atoms with Crippen LogP contribution < -0.4 is 9.80 Å². The molecule has 2 aliphatic rings. The Kier molecular flexibility index (Phi) is 6.84. The normalized spacial score (nSPS) is 11.0. The molecule has 0 bridgehead atoms. The van der Waals surface area contributed by atoms with E-state index in [1.54, 1.807) is 0 Å². The lowest BCUT2D eigenvalue weighted by Crippen LogP contribution is -2.11. The van der Waals surface area contributed by atoms with E-state index in [4.69, 9.17) is 0 Å². The maximum Gasteiger partial charge on any atom is 0.0561 e. The highest BCUT2D eigenvalue weighted by molar-refractivity contribution is 6.01. The van der Waals surface area contributed by atoms with Crippen LogP contribution in [-0.2, 0) is 0 Å². The minimum absolute atomic E-state index is 1.14. The molecule has 2 aliphatic carbocycles. The van der Waals surface area contributed by atoms with Crippen LogP contribution in [0.2, 0.25) is 0 Å². The van der Waals surface area contributed by atoms with Crippen LogP contribution in [0.5, 0.6) is 0 Å². The van der Waals surface area contributed by atoms with Gasteiger partial charge in [0.15, 0.2) is 0 Å². The first-order chi connectivity index (χ1) is 19.5. The molecule has 4 aromatic carbocycles. The minimum Gasteiger partial charge on any atom is -0.310 e. The van der Waals surface area contributed by atoms with Gasteiger partial charge in [-0.2, -0.15) is 0 Å². The third-order valence-electron chi connectivity index (χ3n) is 7.45. The molecule has 4 aromatic rings. The van der Waals surface area contributed by atoms with Gasteiger partial charge < -0.3 is 9.80 Å². The Morgan fingerprint density at radius 3 is 1.15 bits per heavy atom.